The lowest BCUT2D eigenvalue weighted by Crippen LogP contribution is -2.42. The van der Waals surface area contributed by atoms with E-state index >= 15 is 0 Å². The number of rotatable bonds is 3. The van der Waals surface area contributed by atoms with Crippen molar-refractivity contribution in [2.45, 2.75) is 31.2 Å². The summed E-state index contributed by atoms with van der Waals surface area (Å²) in [5.74, 6) is -0.576. The SMILES string of the molecule is COC(=O)C(c1ccccc1O)C1CCCCN1. The third-order valence-corrected chi connectivity index (χ3v) is 3.48. The second-order valence-electron chi connectivity index (χ2n) is 4.62. The zero-order chi connectivity index (χ0) is 13.0. The summed E-state index contributed by atoms with van der Waals surface area (Å²) in [5, 5.41) is 13.3. The number of benzene rings is 1. The highest BCUT2D eigenvalue weighted by Crippen LogP contribution is 2.32. The molecule has 0 aromatic heterocycles. The van der Waals surface area contributed by atoms with Crippen LogP contribution in [0.25, 0.3) is 0 Å². The van der Waals surface area contributed by atoms with E-state index in [2.05, 4.69) is 5.32 Å². The number of nitrogens with one attached hydrogen (secondary N) is 1. The summed E-state index contributed by atoms with van der Waals surface area (Å²) in [7, 11) is 1.39. The normalized spacial score (nSPS) is 21.3. The Morgan fingerprint density at radius 1 is 1.44 bits per heavy atom. The van der Waals surface area contributed by atoms with Crippen LogP contribution in [0.4, 0.5) is 0 Å². The van der Waals surface area contributed by atoms with Gasteiger partial charge in [-0.25, -0.2) is 0 Å². The van der Waals surface area contributed by atoms with Crippen LogP contribution in [0, 0.1) is 0 Å². The van der Waals surface area contributed by atoms with E-state index in [1.165, 1.54) is 7.11 Å². The van der Waals surface area contributed by atoms with Crippen molar-refractivity contribution in [3.8, 4) is 5.75 Å². The van der Waals surface area contributed by atoms with E-state index < -0.39 is 5.92 Å². The predicted octanol–water partition coefficient (Wildman–Crippen LogP) is 1.79. The first-order chi connectivity index (χ1) is 8.74. The monoisotopic (exact) mass is 249 g/mol. The minimum atomic E-state index is -0.434. The average molecular weight is 249 g/mol. The van der Waals surface area contributed by atoms with Crippen LogP contribution in [0.5, 0.6) is 5.75 Å². The Labute approximate surface area is 107 Å². The van der Waals surface area contributed by atoms with E-state index in [-0.39, 0.29) is 17.8 Å². The molecular formula is C14H19NO3. The van der Waals surface area contributed by atoms with E-state index in [1.54, 1.807) is 18.2 Å². The molecule has 0 bridgehead atoms. The topological polar surface area (TPSA) is 58.6 Å². The summed E-state index contributed by atoms with van der Waals surface area (Å²) in [5.41, 5.74) is 0.642. The highest BCUT2D eigenvalue weighted by Gasteiger charge is 2.33. The van der Waals surface area contributed by atoms with Crippen molar-refractivity contribution in [1.29, 1.82) is 0 Å². The fraction of sp³-hybridized carbons (Fsp3) is 0.500. The van der Waals surface area contributed by atoms with Gasteiger partial charge in [0.25, 0.3) is 0 Å². The number of ether oxygens (including phenoxy) is 1. The Morgan fingerprint density at radius 2 is 2.22 bits per heavy atom. The van der Waals surface area contributed by atoms with Crippen molar-refractivity contribution >= 4 is 5.97 Å². The molecule has 1 aliphatic heterocycles. The van der Waals surface area contributed by atoms with Crippen molar-refractivity contribution in [2.24, 2.45) is 0 Å². The van der Waals surface area contributed by atoms with Gasteiger partial charge in [-0.15, -0.1) is 0 Å². The molecule has 1 saturated heterocycles. The number of aromatic hydroxyl groups is 1. The number of methoxy groups -OCH3 is 1. The smallest absolute Gasteiger partial charge is 0.314 e. The van der Waals surface area contributed by atoms with Gasteiger partial charge in [0.15, 0.2) is 0 Å². The molecule has 2 unspecified atom stereocenters. The Kier molecular flexibility index (Phi) is 4.20. The van der Waals surface area contributed by atoms with Crippen LogP contribution >= 0.6 is 0 Å². The first-order valence-electron chi connectivity index (χ1n) is 6.33. The predicted molar refractivity (Wildman–Crippen MR) is 68.5 cm³/mol. The first-order valence-corrected chi connectivity index (χ1v) is 6.33. The van der Waals surface area contributed by atoms with Crippen LogP contribution in [0.15, 0.2) is 24.3 Å². The molecule has 0 saturated carbocycles. The molecule has 2 rings (SSSR count). The second-order valence-corrected chi connectivity index (χ2v) is 4.62. The van der Waals surface area contributed by atoms with Crippen LogP contribution < -0.4 is 5.32 Å². The summed E-state index contributed by atoms with van der Waals surface area (Å²) >= 11 is 0. The number of esters is 1. The summed E-state index contributed by atoms with van der Waals surface area (Å²) in [4.78, 5) is 12.0. The van der Waals surface area contributed by atoms with Crippen LogP contribution in [0.1, 0.15) is 30.7 Å². The molecular weight excluding hydrogens is 230 g/mol. The van der Waals surface area contributed by atoms with Crippen LogP contribution in [0.3, 0.4) is 0 Å². The van der Waals surface area contributed by atoms with Gasteiger partial charge in [0, 0.05) is 11.6 Å². The van der Waals surface area contributed by atoms with Crippen molar-refractivity contribution in [2.75, 3.05) is 13.7 Å². The molecule has 0 radical (unpaired) electrons. The maximum absolute atomic E-state index is 12.0. The molecule has 0 aliphatic carbocycles. The van der Waals surface area contributed by atoms with Gasteiger partial charge in [0.1, 0.15) is 11.7 Å². The molecule has 1 aromatic rings. The fourth-order valence-corrected chi connectivity index (χ4v) is 2.55. The van der Waals surface area contributed by atoms with Crippen molar-refractivity contribution in [3.63, 3.8) is 0 Å². The quantitative estimate of drug-likeness (QED) is 0.802. The number of hydrogen-bond donors (Lipinski definition) is 2. The molecule has 2 N–H and O–H groups in total. The van der Waals surface area contributed by atoms with Crippen LogP contribution in [0.2, 0.25) is 0 Å². The molecule has 4 heteroatoms. The number of phenols is 1. The van der Waals surface area contributed by atoms with Crippen molar-refractivity contribution in [1.82, 2.24) is 5.32 Å². The Balaban J connectivity index is 2.30. The summed E-state index contributed by atoms with van der Waals surface area (Å²) in [6.45, 7) is 0.908. The second kappa shape index (κ2) is 5.87. The maximum Gasteiger partial charge on any atom is 0.314 e. The molecule has 2 atom stereocenters. The zero-order valence-electron chi connectivity index (χ0n) is 10.6. The lowest BCUT2D eigenvalue weighted by atomic mass is 9.86. The molecule has 1 heterocycles. The van der Waals surface area contributed by atoms with Gasteiger partial charge in [-0.05, 0) is 25.5 Å². The number of carbonyl (C=O) groups is 1. The van der Waals surface area contributed by atoms with E-state index in [0.29, 0.717) is 5.56 Å². The number of piperidine rings is 1. The fourth-order valence-electron chi connectivity index (χ4n) is 2.55. The van der Waals surface area contributed by atoms with Crippen LogP contribution in [-0.4, -0.2) is 30.8 Å². The van der Waals surface area contributed by atoms with Gasteiger partial charge >= 0.3 is 5.97 Å². The van der Waals surface area contributed by atoms with E-state index in [1.807, 2.05) is 6.07 Å². The van der Waals surface area contributed by atoms with Gasteiger partial charge < -0.3 is 15.2 Å². The van der Waals surface area contributed by atoms with Crippen molar-refractivity contribution < 1.29 is 14.6 Å². The molecule has 4 nitrogen and oxygen atoms in total. The third kappa shape index (κ3) is 2.64. The van der Waals surface area contributed by atoms with Gasteiger partial charge in [0.05, 0.1) is 7.11 Å². The molecule has 1 fully saturated rings. The molecule has 0 spiro atoms. The summed E-state index contributed by atoms with van der Waals surface area (Å²) in [6.07, 6.45) is 3.15. The largest absolute Gasteiger partial charge is 0.508 e. The Morgan fingerprint density at radius 3 is 2.83 bits per heavy atom. The zero-order valence-corrected chi connectivity index (χ0v) is 10.6. The molecule has 0 amide bonds. The maximum atomic E-state index is 12.0. The highest BCUT2D eigenvalue weighted by atomic mass is 16.5. The Hall–Kier alpha value is -1.55. The third-order valence-electron chi connectivity index (χ3n) is 3.48. The lowest BCUT2D eigenvalue weighted by molar-refractivity contribution is -0.143. The van der Waals surface area contributed by atoms with Gasteiger partial charge in [-0.3, -0.25) is 4.79 Å². The highest BCUT2D eigenvalue weighted by molar-refractivity contribution is 5.80. The Bertz CT molecular complexity index is 413. The number of hydrogen-bond acceptors (Lipinski definition) is 4. The lowest BCUT2D eigenvalue weighted by Gasteiger charge is -2.30. The minimum absolute atomic E-state index is 0.0412. The first kappa shape index (κ1) is 12.9. The molecule has 18 heavy (non-hydrogen) atoms. The van der Waals surface area contributed by atoms with Gasteiger partial charge in [-0.1, -0.05) is 24.6 Å². The van der Waals surface area contributed by atoms with E-state index in [9.17, 15) is 9.90 Å². The number of para-hydroxylation sites is 1. The minimum Gasteiger partial charge on any atom is -0.508 e. The van der Waals surface area contributed by atoms with Gasteiger partial charge in [-0.2, -0.15) is 0 Å². The molecule has 98 valence electrons. The molecule has 1 aromatic carbocycles. The van der Waals surface area contributed by atoms with E-state index in [4.69, 9.17) is 4.74 Å². The molecule has 1 aliphatic rings. The number of phenolic OH excluding ortho intramolecular Hbond substituents is 1. The summed E-state index contributed by atoms with van der Waals surface area (Å²) in [6, 6.07) is 7.01. The van der Waals surface area contributed by atoms with Gasteiger partial charge in [0.2, 0.25) is 0 Å². The standard InChI is InChI=1S/C14H19NO3/c1-18-14(17)13(11-7-4-5-9-15-11)10-6-2-3-8-12(10)16/h2-3,6,8,11,13,15-16H,4-5,7,9H2,1H3. The van der Waals surface area contributed by atoms with Crippen molar-refractivity contribution in [3.05, 3.63) is 29.8 Å². The number of carbonyl (C=O) groups excluding carboxylic acids is 1. The summed E-state index contributed by atoms with van der Waals surface area (Å²) < 4.78 is 4.88. The average Bonchev–Trinajstić information content (AvgIpc) is 2.42. The van der Waals surface area contributed by atoms with Crippen LogP contribution in [-0.2, 0) is 9.53 Å². The van der Waals surface area contributed by atoms with E-state index in [0.717, 1.165) is 25.8 Å².